The standard InChI is InChI=1S/C19H23ClN6/c1-19(12-21)7-4-9-26(10-8-19)15-11-22-17-16(24-25-18(17)23-15)13-5-2-3-6-14(13)20/h2-3,5-6,11H,4,7-10,12,21H2,1H3,(H,23,24,25). The molecule has 0 spiro atoms. The van der Waals surface area contributed by atoms with Gasteiger partial charge in [0, 0.05) is 18.7 Å². The molecule has 1 atom stereocenters. The molecule has 2 aromatic heterocycles. The summed E-state index contributed by atoms with van der Waals surface area (Å²) in [4.78, 5) is 11.7. The Morgan fingerprint density at radius 1 is 1.27 bits per heavy atom. The fourth-order valence-electron chi connectivity index (χ4n) is 3.56. The number of hydrogen-bond acceptors (Lipinski definition) is 5. The van der Waals surface area contributed by atoms with Gasteiger partial charge in [0.2, 0.25) is 5.65 Å². The summed E-state index contributed by atoms with van der Waals surface area (Å²) in [5, 5.41) is 8.06. The molecule has 1 aromatic carbocycles. The van der Waals surface area contributed by atoms with Gasteiger partial charge < -0.3 is 10.6 Å². The summed E-state index contributed by atoms with van der Waals surface area (Å²) < 4.78 is 0. The molecule has 0 bridgehead atoms. The number of fused-ring (bicyclic) bond motifs is 1. The number of halogens is 1. The molecule has 1 aliphatic heterocycles. The molecule has 0 saturated carbocycles. The van der Waals surface area contributed by atoms with Gasteiger partial charge in [0.05, 0.1) is 16.9 Å². The molecule has 7 heteroatoms. The van der Waals surface area contributed by atoms with Crippen LogP contribution in [0.2, 0.25) is 5.02 Å². The fraction of sp³-hybridized carbons (Fsp3) is 0.421. The molecule has 6 nitrogen and oxygen atoms in total. The zero-order valence-corrected chi connectivity index (χ0v) is 15.6. The highest BCUT2D eigenvalue weighted by Gasteiger charge is 2.27. The second kappa shape index (κ2) is 6.85. The summed E-state index contributed by atoms with van der Waals surface area (Å²) in [7, 11) is 0. The van der Waals surface area contributed by atoms with E-state index in [2.05, 4.69) is 27.0 Å². The fourth-order valence-corrected chi connectivity index (χ4v) is 3.79. The monoisotopic (exact) mass is 370 g/mol. The minimum absolute atomic E-state index is 0.218. The van der Waals surface area contributed by atoms with Crippen LogP contribution in [0.4, 0.5) is 5.82 Å². The van der Waals surface area contributed by atoms with Crippen molar-refractivity contribution in [3.63, 3.8) is 0 Å². The molecule has 136 valence electrons. The van der Waals surface area contributed by atoms with Gasteiger partial charge in [-0.2, -0.15) is 5.10 Å². The normalized spacial score (nSPS) is 21.1. The van der Waals surface area contributed by atoms with Crippen LogP contribution >= 0.6 is 11.6 Å². The lowest BCUT2D eigenvalue weighted by molar-refractivity contribution is 0.298. The number of nitrogens with zero attached hydrogens (tertiary/aromatic N) is 4. The van der Waals surface area contributed by atoms with Crippen molar-refractivity contribution < 1.29 is 0 Å². The Kier molecular flexibility index (Phi) is 4.54. The van der Waals surface area contributed by atoms with Crippen LogP contribution < -0.4 is 10.6 Å². The van der Waals surface area contributed by atoms with Crippen molar-refractivity contribution in [1.82, 2.24) is 20.2 Å². The molecule has 0 amide bonds. The van der Waals surface area contributed by atoms with Gasteiger partial charge in [-0.3, -0.25) is 5.10 Å². The highest BCUT2D eigenvalue weighted by Crippen LogP contribution is 2.33. The molecular formula is C19H23ClN6. The number of hydrogen-bond donors (Lipinski definition) is 2. The summed E-state index contributed by atoms with van der Waals surface area (Å²) >= 11 is 6.31. The van der Waals surface area contributed by atoms with E-state index in [0.29, 0.717) is 10.7 Å². The average Bonchev–Trinajstić information content (AvgIpc) is 2.97. The van der Waals surface area contributed by atoms with E-state index < -0.39 is 0 Å². The lowest BCUT2D eigenvalue weighted by atomic mass is 9.83. The third-order valence-electron chi connectivity index (χ3n) is 5.41. The third-order valence-corrected chi connectivity index (χ3v) is 5.73. The molecule has 0 aliphatic carbocycles. The van der Waals surface area contributed by atoms with Crippen molar-refractivity contribution in [3.8, 4) is 11.3 Å². The number of aromatic nitrogens is 4. The highest BCUT2D eigenvalue weighted by atomic mass is 35.5. The average molecular weight is 371 g/mol. The van der Waals surface area contributed by atoms with Crippen molar-refractivity contribution >= 4 is 28.6 Å². The number of H-pyrrole nitrogens is 1. The minimum Gasteiger partial charge on any atom is -0.355 e. The van der Waals surface area contributed by atoms with Gasteiger partial charge in [-0.25, -0.2) is 9.97 Å². The Morgan fingerprint density at radius 3 is 2.92 bits per heavy atom. The lowest BCUT2D eigenvalue weighted by Crippen LogP contribution is -2.30. The first-order valence-corrected chi connectivity index (χ1v) is 9.38. The molecular weight excluding hydrogens is 348 g/mol. The minimum atomic E-state index is 0.218. The number of nitrogens with one attached hydrogen (secondary N) is 1. The van der Waals surface area contributed by atoms with E-state index in [-0.39, 0.29) is 5.41 Å². The van der Waals surface area contributed by atoms with Crippen molar-refractivity contribution in [2.45, 2.75) is 26.2 Å². The maximum Gasteiger partial charge on any atom is 0.202 e. The van der Waals surface area contributed by atoms with Crippen LogP contribution in [0.25, 0.3) is 22.4 Å². The number of rotatable bonds is 3. The van der Waals surface area contributed by atoms with E-state index in [9.17, 15) is 0 Å². The van der Waals surface area contributed by atoms with Gasteiger partial charge >= 0.3 is 0 Å². The second-order valence-electron chi connectivity index (χ2n) is 7.33. The van der Waals surface area contributed by atoms with Crippen LogP contribution in [0.1, 0.15) is 26.2 Å². The maximum atomic E-state index is 6.31. The SMILES string of the molecule is CC1(CN)CCCN(c2cnc3c(-c4ccccc4Cl)[nH]nc3n2)CC1. The first-order chi connectivity index (χ1) is 12.6. The Morgan fingerprint density at radius 2 is 2.12 bits per heavy atom. The van der Waals surface area contributed by atoms with Gasteiger partial charge in [0.25, 0.3) is 0 Å². The van der Waals surface area contributed by atoms with Crippen LogP contribution in [0.15, 0.2) is 30.5 Å². The zero-order valence-electron chi connectivity index (χ0n) is 14.9. The van der Waals surface area contributed by atoms with Crippen molar-refractivity contribution in [1.29, 1.82) is 0 Å². The van der Waals surface area contributed by atoms with E-state index in [1.165, 1.54) is 0 Å². The first kappa shape index (κ1) is 17.2. The largest absolute Gasteiger partial charge is 0.355 e. The predicted molar refractivity (Wildman–Crippen MR) is 105 cm³/mol. The molecule has 0 radical (unpaired) electrons. The molecule has 3 heterocycles. The van der Waals surface area contributed by atoms with Gasteiger partial charge in [-0.15, -0.1) is 0 Å². The van der Waals surface area contributed by atoms with Gasteiger partial charge in [0.15, 0.2) is 0 Å². The Balaban J connectivity index is 1.64. The summed E-state index contributed by atoms with van der Waals surface area (Å²) in [6.45, 7) is 4.91. The predicted octanol–water partition coefficient (Wildman–Crippen LogP) is 3.63. The number of nitrogens with two attached hydrogens (primary N) is 1. The molecule has 3 aromatic rings. The molecule has 1 fully saturated rings. The number of aromatic amines is 1. The van der Waals surface area contributed by atoms with E-state index in [0.717, 1.165) is 61.5 Å². The summed E-state index contributed by atoms with van der Waals surface area (Å²) in [6, 6.07) is 7.66. The summed E-state index contributed by atoms with van der Waals surface area (Å²) in [5.74, 6) is 0.871. The molecule has 1 saturated heterocycles. The zero-order chi connectivity index (χ0) is 18.1. The van der Waals surface area contributed by atoms with Gasteiger partial charge in [-0.05, 0) is 37.3 Å². The Bertz CT molecular complexity index is 923. The smallest absolute Gasteiger partial charge is 0.202 e. The first-order valence-electron chi connectivity index (χ1n) is 9.01. The lowest BCUT2D eigenvalue weighted by Gasteiger charge is -2.26. The Labute approximate surface area is 157 Å². The molecule has 3 N–H and O–H groups in total. The van der Waals surface area contributed by atoms with Crippen LogP contribution in [-0.4, -0.2) is 39.8 Å². The second-order valence-corrected chi connectivity index (χ2v) is 7.74. The van der Waals surface area contributed by atoms with Crippen molar-refractivity contribution in [3.05, 3.63) is 35.5 Å². The molecule has 26 heavy (non-hydrogen) atoms. The van der Waals surface area contributed by atoms with E-state index in [1.54, 1.807) is 0 Å². The number of anilines is 1. The van der Waals surface area contributed by atoms with Crippen LogP contribution in [0.3, 0.4) is 0 Å². The molecule has 1 unspecified atom stereocenters. The third kappa shape index (κ3) is 3.15. The number of benzene rings is 1. The van der Waals surface area contributed by atoms with Gasteiger partial charge in [-0.1, -0.05) is 36.7 Å². The Hall–Kier alpha value is -2.18. The quantitative estimate of drug-likeness (QED) is 0.735. The topological polar surface area (TPSA) is 83.7 Å². The van der Waals surface area contributed by atoms with E-state index >= 15 is 0 Å². The molecule has 4 rings (SSSR count). The van der Waals surface area contributed by atoms with Crippen molar-refractivity contribution in [2.75, 3.05) is 24.5 Å². The maximum absolute atomic E-state index is 6.31. The van der Waals surface area contributed by atoms with Crippen LogP contribution in [0, 0.1) is 5.41 Å². The summed E-state index contributed by atoms with van der Waals surface area (Å²) in [6.07, 6.45) is 5.16. The molecule has 1 aliphatic rings. The van der Waals surface area contributed by atoms with E-state index in [1.807, 2.05) is 30.5 Å². The van der Waals surface area contributed by atoms with Gasteiger partial charge in [0.1, 0.15) is 11.3 Å². The van der Waals surface area contributed by atoms with Crippen LogP contribution in [0.5, 0.6) is 0 Å². The van der Waals surface area contributed by atoms with E-state index in [4.69, 9.17) is 22.3 Å². The summed E-state index contributed by atoms with van der Waals surface area (Å²) in [5.41, 5.74) is 9.22. The highest BCUT2D eigenvalue weighted by molar-refractivity contribution is 6.33. The van der Waals surface area contributed by atoms with Crippen LogP contribution in [-0.2, 0) is 0 Å². The van der Waals surface area contributed by atoms with Crippen molar-refractivity contribution in [2.24, 2.45) is 11.1 Å².